The molecule has 0 unspecified atom stereocenters. The van der Waals surface area contributed by atoms with E-state index < -0.39 is 0 Å². The van der Waals surface area contributed by atoms with E-state index in [9.17, 15) is 4.79 Å². The second-order valence-corrected chi connectivity index (χ2v) is 6.66. The van der Waals surface area contributed by atoms with E-state index in [1.165, 1.54) is 0 Å². The summed E-state index contributed by atoms with van der Waals surface area (Å²) in [6.07, 6.45) is 5.48. The van der Waals surface area contributed by atoms with Crippen LogP contribution in [0, 0.1) is 0 Å². The van der Waals surface area contributed by atoms with Crippen molar-refractivity contribution in [3.63, 3.8) is 0 Å². The van der Waals surface area contributed by atoms with E-state index in [-0.39, 0.29) is 12.0 Å². The van der Waals surface area contributed by atoms with Crippen molar-refractivity contribution in [2.75, 3.05) is 33.3 Å². The zero-order valence-corrected chi connectivity index (χ0v) is 14.2. The molecule has 0 radical (unpaired) electrons. The van der Waals surface area contributed by atoms with E-state index in [1.807, 2.05) is 25.7 Å². The predicted octanol–water partition coefficient (Wildman–Crippen LogP) is 0.909. The Balaban J connectivity index is 1.52. The van der Waals surface area contributed by atoms with Crippen LogP contribution in [0.3, 0.4) is 0 Å². The van der Waals surface area contributed by atoms with Crippen molar-refractivity contribution in [2.45, 2.75) is 12.6 Å². The number of aromatic nitrogens is 3. The molecule has 0 spiro atoms. The highest BCUT2D eigenvalue weighted by Gasteiger charge is 2.25. The van der Waals surface area contributed by atoms with Crippen LogP contribution in [0.1, 0.15) is 16.7 Å². The molecule has 8 heteroatoms. The highest BCUT2D eigenvalue weighted by molar-refractivity contribution is 7.09. The number of ether oxygens (including phenoxy) is 1. The van der Waals surface area contributed by atoms with Gasteiger partial charge in [0, 0.05) is 57.1 Å². The molecule has 0 bridgehead atoms. The summed E-state index contributed by atoms with van der Waals surface area (Å²) in [6, 6.07) is 0. The largest absolute Gasteiger partial charge is 0.368 e. The van der Waals surface area contributed by atoms with E-state index in [4.69, 9.17) is 4.74 Å². The minimum absolute atomic E-state index is 0.0276. The number of carbonyl (C=O) groups is 1. The topological polar surface area (TPSA) is 63.5 Å². The second kappa shape index (κ2) is 7.20. The quantitative estimate of drug-likeness (QED) is 0.813. The number of carbonyl (C=O) groups excluding carboxylic acids is 1. The molecule has 0 N–H and O–H groups in total. The molecule has 1 atom stereocenters. The first-order valence-corrected chi connectivity index (χ1v) is 8.44. The summed E-state index contributed by atoms with van der Waals surface area (Å²) in [5.74, 6) is 0.105. The van der Waals surface area contributed by atoms with E-state index in [2.05, 4.69) is 15.0 Å². The molecule has 2 aromatic rings. The van der Waals surface area contributed by atoms with Crippen molar-refractivity contribution in [1.82, 2.24) is 24.6 Å². The Kier molecular flexibility index (Phi) is 5.04. The maximum atomic E-state index is 12.4. The highest BCUT2D eigenvalue weighted by atomic mass is 32.1. The van der Waals surface area contributed by atoms with E-state index >= 15 is 0 Å². The number of rotatable bonds is 5. The summed E-state index contributed by atoms with van der Waals surface area (Å²) in [4.78, 5) is 20.6. The van der Waals surface area contributed by atoms with Gasteiger partial charge in [-0.3, -0.25) is 14.4 Å². The number of likely N-dealkylation sites (N-methyl/N-ethyl adjacent to an activating group) is 1. The Labute approximate surface area is 139 Å². The molecular formula is C15H21N5O2S. The van der Waals surface area contributed by atoms with Crippen LogP contribution in [0.15, 0.2) is 24.0 Å². The van der Waals surface area contributed by atoms with Gasteiger partial charge < -0.3 is 9.64 Å². The van der Waals surface area contributed by atoms with Gasteiger partial charge in [-0.15, -0.1) is 11.3 Å². The molecule has 1 aliphatic heterocycles. The Hall–Kier alpha value is -1.77. The standard InChI is InChI=1S/C15H21N5O2S/c1-18(8-12-7-17-19(2)9-12)14(21)11-20-4-5-22-13(10-20)15-16-3-6-23-15/h3,6-7,9,13H,4-5,8,10-11H2,1-2H3/t13-/m1/s1. The molecule has 124 valence electrons. The van der Waals surface area contributed by atoms with Gasteiger partial charge in [-0.05, 0) is 0 Å². The molecule has 3 rings (SSSR count). The van der Waals surface area contributed by atoms with Crippen molar-refractivity contribution in [2.24, 2.45) is 7.05 Å². The first kappa shape index (κ1) is 16.1. The number of amides is 1. The maximum Gasteiger partial charge on any atom is 0.236 e. The third-order valence-electron chi connectivity index (χ3n) is 3.84. The minimum atomic E-state index is -0.0276. The van der Waals surface area contributed by atoms with Gasteiger partial charge in [0.2, 0.25) is 5.91 Å². The van der Waals surface area contributed by atoms with Gasteiger partial charge in [-0.2, -0.15) is 5.10 Å². The summed E-state index contributed by atoms with van der Waals surface area (Å²) in [6.45, 7) is 3.09. The van der Waals surface area contributed by atoms with Crippen LogP contribution in [0.2, 0.25) is 0 Å². The predicted molar refractivity (Wildman–Crippen MR) is 86.9 cm³/mol. The first-order chi connectivity index (χ1) is 11.1. The number of nitrogens with zero attached hydrogens (tertiary/aromatic N) is 5. The molecule has 23 heavy (non-hydrogen) atoms. The molecule has 3 heterocycles. The van der Waals surface area contributed by atoms with Gasteiger partial charge in [-0.25, -0.2) is 4.98 Å². The average molecular weight is 335 g/mol. The second-order valence-electron chi connectivity index (χ2n) is 5.74. The molecular weight excluding hydrogens is 314 g/mol. The van der Waals surface area contributed by atoms with Crippen LogP contribution in [-0.4, -0.2) is 63.8 Å². The normalized spacial score (nSPS) is 19.0. The lowest BCUT2D eigenvalue weighted by Crippen LogP contribution is -2.44. The summed E-state index contributed by atoms with van der Waals surface area (Å²) in [7, 11) is 3.70. The maximum absolute atomic E-state index is 12.4. The van der Waals surface area contributed by atoms with Crippen LogP contribution in [0.4, 0.5) is 0 Å². The van der Waals surface area contributed by atoms with Gasteiger partial charge in [0.05, 0.1) is 19.3 Å². The fourth-order valence-electron chi connectivity index (χ4n) is 2.62. The van der Waals surface area contributed by atoms with Crippen molar-refractivity contribution in [3.8, 4) is 0 Å². The van der Waals surface area contributed by atoms with E-state index in [1.54, 1.807) is 33.3 Å². The van der Waals surface area contributed by atoms with E-state index in [0.717, 1.165) is 17.1 Å². The summed E-state index contributed by atoms with van der Waals surface area (Å²) < 4.78 is 7.51. The Bertz CT molecular complexity index is 642. The lowest BCUT2D eigenvalue weighted by atomic mass is 10.2. The van der Waals surface area contributed by atoms with Gasteiger partial charge >= 0.3 is 0 Å². The van der Waals surface area contributed by atoms with E-state index in [0.29, 0.717) is 26.2 Å². The lowest BCUT2D eigenvalue weighted by molar-refractivity contribution is -0.133. The zero-order chi connectivity index (χ0) is 16.2. The smallest absolute Gasteiger partial charge is 0.236 e. The fraction of sp³-hybridized carbons (Fsp3) is 0.533. The van der Waals surface area contributed by atoms with Gasteiger partial charge in [0.15, 0.2) is 0 Å². The molecule has 1 saturated heterocycles. The van der Waals surface area contributed by atoms with Crippen molar-refractivity contribution in [1.29, 1.82) is 0 Å². The summed E-state index contributed by atoms with van der Waals surface area (Å²) in [5.41, 5.74) is 1.03. The Morgan fingerprint density at radius 1 is 1.57 bits per heavy atom. The molecule has 1 fully saturated rings. The third-order valence-corrected chi connectivity index (χ3v) is 4.71. The van der Waals surface area contributed by atoms with Crippen LogP contribution >= 0.6 is 11.3 Å². The number of hydrogen-bond acceptors (Lipinski definition) is 6. The van der Waals surface area contributed by atoms with Crippen LogP contribution < -0.4 is 0 Å². The van der Waals surface area contributed by atoms with Crippen LogP contribution in [0.5, 0.6) is 0 Å². The Morgan fingerprint density at radius 3 is 3.13 bits per heavy atom. The SMILES string of the molecule is CN(Cc1cnn(C)c1)C(=O)CN1CCO[C@@H](c2nccs2)C1. The first-order valence-electron chi connectivity index (χ1n) is 7.56. The summed E-state index contributed by atoms with van der Waals surface area (Å²) in [5, 5.41) is 7.06. The third kappa shape index (κ3) is 4.15. The monoisotopic (exact) mass is 335 g/mol. The molecule has 0 aromatic carbocycles. The molecule has 7 nitrogen and oxygen atoms in total. The molecule has 1 aliphatic rings. The van der Waals surface area contributed by atoms with Crippen LogP contribution in [0.25, 0.3) is 0 Å². The number of aryl methyl sites for hydroxylation is 1. The number of morpholine rings is 1. The number of thiazole rings is 1. The number of hydrogen-bond donors (Lipinski definition) is 0. The minimum Gasteiger partial charge on any atom is -0.368 e. The van der Waals surface area contributed by atoms with Gasteiger partial charge in [0.25, 0.3) is 0 Å². The van der Waals surface area contributed by atoms with Crippen LogP contribution in [-0.2, 0) is 23.1 Å². The van der Waals surface area contributed by atoms with Gasteiger partial charge in [-0.1, -0.05) is 0 Å². The average Bonchev–Trinajstić information content (AvgIpc) is 3.19. The molecule has 1 amide bonds. The highest BCUT2D eigenvalue weighted by Crippen LogP contribution is 2.23. The molecule has 0 saturated carbocycles. The molecule has 2 aromatic heterocycles. The molecule has 0 aliphatic carbocycles. The Morgan fingerprint density at radius 2 is 2.43 bits per heavy atom. The zero-order valence-electron chi connectivity index (χ0n) is 13.4. The van der Waals surface area contributed by atoms with Gasteiger partial charge in [0.1, 0.15) is 11.1 Å². The van der Waals surface area contributed by atoms with Crippen molar-refractivity contribution < 1.29 is 9.53 Å². The van der Waals surface area contributed by atoms with Crippen molar-refractivity contribution in [3.05, 3.63) is 34.5 Å². The fourth-order valence-corrected chi connectivity index (χ4v) is 3.29. The lowest BCUT2D eigenvalue weighted by Gasteiger charge is -2.32. The van der Waals surface area contributed by atoms with Crippen molar-refractivity contribution >= 4 is 17.2 Å². The summed E-state index contributed by atoms with van der Waals surface area (Å²) >= 11 is 1.59.